The number of piperidine rings is 2. The molecule has 2 aliphatic rings. The minimum absolute atomic E-state index is 0.124. The monoisotopic (exact) mass is 386 g/mol. The standard InChI is InChI=1S/C19H39N4PS/c1-6-21(7-2)18(25)20-24(19(3,4)5,22-14-10-8-11-15-22)23-16-12-9-13-17-23/h6-17H2,1-5H3. The van der Waals surface area contributed by atoms with Gasteiger partial charge in [0, 0.05) is 44.4 Å². The Morgan fingerprint density at radius 3 is 1.60 bits per heavy atom. The predicted octanol–water partition coefficient (Wildman–Crippen LogP) is 5.41. The molecular weight excluding hydrogens is 347 g/mol. The Bertz CT molecular complexity index is 462. The largest absolute Gasteiger partial charge is 0.348 e. The first-order chi connectivity index (χ1) is 11.9. The second-order valence-corrected chi connectivity index (χ2v) is 12.5. The molecule has 0 aromatic heterocycles. The van der Waals surface area contributed by atoms with Crippen LogP contribution in [0.4, 0.5) is 0 Å². The summed E-state index contributed by atoms with van der Waals surface area (Å²) in [7, 11) is -1.86. The van der Waals surface area contributed by atoms with Gasteiger partial charge in [-0.3, -0.25) is 9.34 Å². The van der Waals surface area contributed by atoms with Crippen LogP contribution in [0, 0.1) is 0 Å². The van der Waals surface area contributed by atoms with Crippen LogP contribution in [0.15, 0.2) is 4.74 Å². The van der Waals surface area contributed by atoms with E-state index in [0.717, 1.165) is 18.2 Å². The highest BCUT2D eigenvalue weighted by molar-refractivity contribution is 7.81. The molecule has 0 bridgehead atoms. The molecule has 0 radical (unpaired) electrons. The molecule has 0 N–H and O–H groups in total. The van der Waals surface area contributed by atoms with Gasteiger partial charge in [-0.2, -0.15) is 0 Å². The van der Waals surface area contributed by atoms with Gasteiger partial charge >= 0.3 is 0 Å². The molecule has 6 heteroatoms. The molecule has 4 nitrogen and oxygen atoms in total. The first-order valence-corrected chi connectivity index (χ1v) is 12.3. The van der Waals surface area contributed by atoms with Crippen molar-refractivity contribution in [1.82, 2.24) is 14.2 Å². The van der Waals surface area contributed by atoms with Crippen molar-refractivity contribution in [2.24, 2.45) is 4.74 Å². The number of thiocarbonyl (C=S) groups is 1. The average Bonchev–Trinajstić information content (AvgIpc) is 2.61. The number of nitrogens with zero attached hydrogens (tertiary/aromatic N) is 4. The highest BCUT2D eigenvalue weighted by atomic mass is 32.1. The molecule has 0 aliphatic carbocycles. The van der Waals surface area contributed by atoms with Gasteiger partial charge in [-0.15, -0.1) is 0 Å². The second-order valence-electron chi connectivity index (χ2n) is 8.32. The summed E-state index contributed by atoms with van der Waals surface area (Å²) in [6, 6.07) is 0. The molecule has 2 aliphatic heterocycles. The Morgan fingerprint density at radius 2 is 1.28 bits per heavy atom. The second kappa shape index (κ2) is 9.30. The number of hydrogen-bond acceptors (Lipinski definition) is 1. The molecule has 146 valence electrons. The summed E-state index contributed by atoms with van der Waals surface area (Å²) in [5.41, 5.74) is 0. The summed E-state index contributed by atoms with van der Waals surface area (Å²) in [6.07, 6.45) is 7.94. The lowest BCUT2D eigenvalue weighted by Crippen LogP contribution is -2.45. The van der Waals surface area contributed by atoms with Gasteiger partial charge in [0.05, 0.1) is 0 Å². The molecule has 2 fully saturated rings. The highest BCUT2D eigenvalue weighted by Crippen LogP contribution is 2.67. The van der Waals surface area contributed by atoms with E-state index < -0.39 is 7.36 Å². The third kappa shape index (κ3) is 4.66. The van der Waals surface area contributed by atoms with E-state index >= 15 is 0 Å². The van der Waals surface area contributed by atoms with Crippen LogP contribution in [-0.4, -0.2) is 63.8 Å². The Morgan fingerprint density at radius 1 is 0.880 bits per heavy atom. The molecule has 0 atom stereocenters. The molecular formula is C19H39N4PS. The fraction of sp³-hybridized carbons (Fsp3) is 0.947. The highest BCUT2D eigenvalue weighted by Gasteiger charge is 2.45. The average molecular weight is 387 g/mol. The van der Waals surface area contributed by atoms with Crippen molar-refractivity contribution in [2.45, 2.75) is 78.3 Å². The Balaban J connectivity index is 2.54. The first-order valence-electron chi connectivity index (χ1n) is 10.3. The van der Waals surface area contributed by atoms with Gasteiger partial charge < -0.3 is 4.90 Å². The lowest BCUT2D eigenvalue weighted by Gasteiger charge is -2.53. The van der Waals surface area contributed by atoms with Gasteiger partial charge in [-0.1, -0.05) is 33.6 Å². The lowest BCUT2D eigenvalue weighted by atomic mass is 10.2. The Kier molecular flexibility index (Phi) is 7.94. The summed E-state index contributed by atoms with van der Waals surface area (Å²) in [5, 5.41) is 0.961. The number of hydrogen-bond donors (Lipinski definition) is 0. The van der Waals surface area contributed by atoms with E-state index in [-0.39, 0.29) is 5.16 Å². The van der Waals surface area contributed by atoms with Crippen LogP contribution in [0.25, 0.3) is 0 Å². The Labute approximate surface area is 161 Å². The van der Waals surface area contributed by atoms with E-state index in [1.165, 1.54) is 64.7 Å². The van der Waals surface area contributed by atoms with Crippen LogP contribution in [-0.2, 0) is 0 Å². The van der Waals surface area contributed by atoms with Crippen molar-refractivity contribution < 1.29 is 0 Å². The van der Waals surface area contributed by atoms with E-state index in [1.54, 1.807) is 0 Å². The minimum Gasteiger partial charge on any atom is -0.348 e. The van der Waals surface area contributed by atoms with E-state index in [0.29, 0.717) is 0 Å². The molecule has 0 aromatic rings. The van der Waals surface area contributed by atoms with Gasteiger partial charge in [-0.05, 0) is 51.7 Å². The molecule has 2 saturated heterocycles. The SMILES string of the molecule is CCN(CC)C(=S)N=P(N1CCCCC1)(N1CCCCC1)C(C)(C)C. The zero-order chi connectivity index (χ0) is 18.5. The van der Waals surface area contributed by atoms with Crippen molar-refractivity contribution in [3.8, 4) is 0 Å². The molecule has 25 heavy (non-hydrogen) atoms. The van der Waals surface area contributed by atoms with Crippen LogP contribution in [0.1, 0.15) is 73.1 Å². The van der Waals surface area contributed by atoms with Gasteiger partial charge in [0.2, 0.25) is 0 Å². The summed E-state index contributed by atoms with van der Waals surface area (Å²) < 4.78 is 11.0. The quantitative estimate of drug-likeness (QED) is 0.475. The van der Waals surface area contributed by atoms with Crippen LogP contribution < -0.4 is 0 Å². The van der Waals surface area contributed by atoms with Crippen LogP contribution in [0.2, 0.25) is 0 Å². The fourth-order valence-corrected chi connectivity index (χ4v) is 9.55. The predicted molar refractivity (Wildman–Crippen MR) is 115 cm³/mol. The Hall–Kier alpha value is 0.0400. The van der Waals surface area contributed by atoms with E-state index in [2.05, 4.69) is 48.9 Å². The topological polar surface area (TPSA) is 22.1 Å². The van der Waals surface area contributed by atoms with Gasteiger partial charge in [-0.25, -0.2) is 4.74 Å². The third-order valence-corrected chi connectivity index (χ3v) is 10.7. The van der Waals surface area contributed by atoms with Crippen LogP contribution >= 0.6 is 19.6 Å². The van der Waals surface area contributed by atoms with E-state index in [1.807, 2.05) is 0 Å². The normalized spacial score (nSPS) is 21.2. The van der Waals surface area contributed by atoms with Crippen LogP contribution in [0.5, 0.6) is 0 Å². The molecule has 2 rings (SSSR count). The van der Waals surface area contributed by atoms with E-state index in [4.69, 9.17) is 17.0 Å². The van der Waals surface area contributed by atoms with Crippen molar-refractivity contribution in [3.05, 3.63) is 0 Å². The molecule has 0 amide bonds. The lowest BCUT2D eigenvalue weighted by molar-refractivity contribution is 0.293. The van der Waals surface area contributed by atoms with Crippen LogP contribution in [0.3, 0.4) is 0 Å². The van der Waals surface area contributed by atoms with Crippen molar-refractivity contribution in [3.63, 3.8) is 0 Å². The van der Waals surface area contributed by atoms with Crippen molar-refractivity contribution in [2.75, 3.05) is 39.3 Å². The van der Waals surface area contributed by atoms with Crippen molar-refractivity contribution in [1.29, 1.82) is 0 Å². The fourth-order valence-electron chi connectivity index (χ4n) is 4.29. The van der Waals surface area contributed by atoms with Crippen molar-refractivity contribution >= 4 is 24.7 Å². The minimum atomic E-state index is -1.86. The zero-order valence-electron chi connectivity index (χ0n) is 17.1. The van der Waals surface area contributed by atoms with Gasteiger partial charge in [0.15, 0.2) is 5.11 Å². The summed E-state index contributed by atoms with van der Waals surface area (Å²) in [6.45, 7) is 18.2. The third-order valence-electron chi connectivity index (χ3n) is 5.61. The summed E-state index contributed by atoms with van der Waals surface area (Å²) >= 11 is 5.86. The number of rotatable bonds is 4. The maximum absolute atomic E-state index is 5.86. The molecule has 0 saturated carbocycles. The molecule has 0 unspecified atom stereocenters. The smallest absolute Gasteiger partial charge is 0.196 e. The van der Waals surface area contributed by atoms with Gasteiger partial charge in [0.25, 0.3) is 0 Å². The summed E-state index contributed by atoms with van der Waals surface area (Å²) in [5.74, 6) is 0. The molecule has 0 spiro atoms. The zero-order valence-corrected chi connectivity index (χ0v) is 18.8. The van der Waals surface area contributed by atoms with Gasteiger partial charge in [0.1, 0.15) is 7.36 Å². The maximum Gasteiger partial charge on any atom is 0.196 e. The maximum atomic E-state index is 5.86. The first kappa shape index (κ1) is 21.3. The van der Waals surface area contributed by atoms with E-state index in [9.17, 15) is 0 Å². The summed E-state index contributed by atoms with van der Waals surface area (Å²) in [4.78, 5) is 2.25. The molecule has 2 heterocycles. The molecule has 0 aromatic carbocycles.